The van der Waals surface area contributed by atoms with Crippen molar-refractivity contribution in [2.45, 2.75) is 25.7 Å². The van der Waals surface area contributed by atoms with E-state index in [4.69, 9.17) is 11.6 Å². The van der Waals surface area contributed by atoms with E-state index in [-0.39, 0.29) is 11.8 Å². The Labute approximate surface area is 128 Å². The van der Waals surface area contributed by atoms with E-state index >= 15 is 0 Å². The van der Waals surface area contributed by atoms with E-state index in [1.165, 1.54) is 0 Å². The fraction of sp³-hybridized carbons (Fsp3) is 0.467. The fourth-order valence-electron chi connectivity index (χ4n) is 2.89. The number of carbonyl (C=O) groups excluding carboxylic acids is 2. The molecule has 21 heavy (non-hydrogen) atoms. The van der Waals surface area contributed by atoms with Gasteiger partial charge < -0.3 is 16.0 Å². The van der Waals surface area contributed by atoms with Gasteiger partial charge in [-0.05, 0) is 49.5 Å². The van der Waals surface area contributed by atoms with Crippen LogP contribution in [0.1, 0.15) is 24.8 Å². The maximum absolute atomic E-state index is 12.1. The van der Waals surface area contributed by atoms with E-state index in [9.17, 15) is 9.59 Å². The third-order valence-electron chi connectivity index (χ3n) is 4.02. The van der Waals surface area contributed by atoms with Gasteiger partial charge in [-0.3, -0.25) is 9.59 Å². The van der Waals surface area contributed by atoms with Crippen LogP contribution in [0, 0.1) is 5.92 Å². The number of nitrogens with one attached hydrogen (secondary N) is 3. The lowest BCUT2D eigenvalue weighted by atomic mass is 9.94. The van der Waals surface area contributed by atoms with Crippen molar-refractivity contribution in [1.82, 2.24) is 5.32 Å². The topological polar surface area (TPSA) is 70.2 Å². The Morgan fingerprint density at radius 1 is 1.33 bits per heavy atom. The summed E-state index contributed by atoms with van der Waals surface area (Å²) in [6.45, 7) is 1.96. The summed E-state index contributed by atoms with van der Waals surface area (Å²) >= 11 is 6.17. The molecule has 2 amide bonds. The van der Waals surface area contributed by atoms with Crippen LogP contribution < -0.4 is 16.0 Å². The summed E-state index contributed by atoms with van der Waals surface area (Å²) in [6.07, 6.45) is 2.92. The van der Waals surface area contributed by atoms with Gasteiger partial charge in [0.15, 0.2) is 0 Å². The molecule has 1 aromatic carbocycles. The second-order valence-corrected chi connectivity index (χ2v) is 6.07. The minimum absolute atomic E-state index is 0.0129. The van der Waals surface area contributed by atoms with Gasteiger partial charge in [-0.25, -0.2) is 0 Å². The van der Waals surface area contributed by atoms with Crippen molar-refractivity contribution in [3.63, 3.8) is 0 Å². The number of piperidine rings is 1. The summed E-state index contributed by atoms with van der Waals surface area (Å²) in [5, 5.41) is 9.35. The average molecular weight is 308 g/mol. The molecule has 112 valence electrons. The van der Waals surface area contributed by atoms with E-state index in [1.54, 1.807) is 12.1 Å². The molecule has 2 aliphatic heterocycles. The number of benzene rings is 1. The molecule has 1 aromatic rings. The Balaban J connectivity index is 1.66. The highest BCUT2D eigenvalue weighted by Crippen LogP contribution is 2.33. The number of carbonyl (C=O) groups is 2. The first-order valence-corrected chi connectivity index (χ1v) is 7.62. The van der Waals surface area contributed by atoms with E-state index in [0.717, 1.165) is 37.2 Å². The summed E-state index contributed by atoms with van der Waals surface area (Å²) < 4.78 is 0. The molecular formula is C15H18ClN3O2. The van der Waals surface area contributed by atoms with Gasteiger partial charge >= 0.3 is 0 Å². The van der Waals surface area contributed by atoms with E-state index < -0.39 is 0 Å². The Kier molecular flexibility index (Phi) is 4.12. The summed E-state index contributed by atoms with van der Waals surface area (Å²) in [4.78, 5) is 23.5. The number of anilines is 2. The van der Waals surface area contributed by atoms with Crippen LogP contribution >= 0.6 is 11.6 Å². The zero-order chi connectivity index (χ0) is 14.8. The highest BCUT2D eigenvalue weighted by molar-refractivity contribution is 6.34. The number of halogens is 1. The van der Waals surface area contributed by atoms with Gasteiger partial charge in [-0.1, -0.05) is 11.6 Å². The molecule has 5 nitrogen and oxygen atoms in total. The van der Waals surface area contributed by atoms with Crippen LogP contribution in [0.2, 0.25) is 5.02 Å². The Morgan fingerprint density at radius 3 is 2.86 bits per heavy atom. The zero-order valence-electron chi connectivity index (χ0n) is 11.7. The third kappa shape index (κ3) is 3.36. The van der Waals surface area contributed by atoms with Crippen molar-refractivity contribution in [3.05, 3.63) is 22.7 Å². The van der Waals surface area contributed by atoms with Gasteiger partial charge in [0, 0.05) is 12.1 Å². The maximum atomic E-state index is 12.1. The molecule has 0 atom stereocenters. The van der Waals surface area contributed by atoms with Crippen LogP contribution in [-0.4, -0.2) is 24.9 Å². The Morgan fingerprint density at radius 2 is 2.10 bits per heavy atom. The van der Waals surface area contributed by atoms with Crippen LogP contribution in [0.3, 0.4) is 0 Å². The highest BCUT2D eigenvalue weighted by atomic mass is 35.5. The second kappa shape index (κ2) is 6.03. The second-order valence-electron chi connectivity index (χ2n) is 5.66. The number of hydrogen-bond donors (Lipinski definition) is 3. The standard InChI is InChI=1S/C15H18ClN3O2/c16-11-8-12-10(7-15(21)18-12)6-13(11)19-14(20)5-9-1-3-17-4-2-9/h6,8-9,17H,1-5,7H2,(H,18,21)(H,19,20). The van der Waals surface area contributed by atoms with Crippen molar-refractivity contribution >= 4 is 34.8 Å². The lowest BCUT2D eigenvalue weighted by Crippen LogP contribution is -2.30. The molecule has 0 aromatic heterocycles. The van der Waals surface area contributed by atoms with Crippen LogP contribution in [0.15, 0.2) is 12.1 Å². The van der Waals surface area contributed by atoms with Gasteiger partial charge in [0.05, 0.1) is 17.1 Å². The van der Waals surface area contributed by atoms with Crippen LogP contribution in [0.25, 0.3) is 0 Å². The molecule has 0 aliphatic carbocycles. The molecule has 0 unspecified atom stereocenters. The van der Waals surface area contributed by atoms with Gasteiger partial charge in [-0.2, -0.15) is 0 Å². The summed E-state index contributed by atoms with van der Waals surface area (Å²) in [6, 6.07) is 3.48. The van der Waals surface area contributed by atoms with Gasteiger partial charge in [0.2, 0.25) is 11.8 Å². The van der Waals surface area contributed by atoms with Crippen molar-refractivity contribution in [1.29, 1.82) is 0 Å². The molecule has 2 aliphatic rings. The molecule has 3 N–H and O–H groups in total. The minimum Gasteiger partial charge on any atom is -0.325 e. The molecule has 2 heterocycles. The normalized spacial score (nSPS) is 18.2. The van der Waals surface area contributed by atoms with E-state index in [0.29, 0.717) is 29.5 Å². The average Bonchev–Trinajstić information content (AvgIpc) is 2.79. The summed E-state index contributed by atoms with van der Waals surface area (Å²) in [5.41, 5.74) is 2.20. The third-order valence-corrected chi connectivity index (χ3v) is 4.34. The molecule has 0 spiro atoms. The van der Waals surface area contributed by atoms with Crippen LogP contribution in [0.4, 0.5) is 11.4 Å². The van der Waals surface area contributed by atoms with Crippen LogP contribution in [-0.2, 0) is 16.0 Å². The van der Waals surface area contributed by atoms with Crippen molar-refractivity contribution < 1.29 is 9.59 Å². The summed E-state index contributed by atoms with van der Waals surface area (Å²) in [7, 11) is 0. The molecule has 1 fully saturated rings. The van der Waals surface area contributed by atoms with E-state index in [1.807, 2.05) is 0 Å². The SMILES string of the molecule is O=C(CC1CCNCC1)Nc1cc2c(cc1Cl)NC(=O)C2. The minimum atomic E-state index is -0.0424. The quantitative estimate of drug-likeness (QED) is 0.801. The smallest absolute Gasteiger partial charge is 0.228 e. The lowest BCUT2D eigenvalue weighted by molar-refractivity contribution is -0.117. The van der Waals surface area contributed by atoms with E-state index in [2.05, 4.69) is 16.0 Å². The van der Waals surface area contributed by atoms with Crippen molar-refractivity contribution in [3.8, 4) is 0 Å². The monoisotopic (exact) mass is 307 g/mol. The number of fused-ring (bicyclic) bond motifs is 1. The number of rotatable bonds is 3. The molecule has 0 bridgehead atoms. The molecule has 0 saturated carbocycles. The Hall–Kier alpha value is -1.59. The van der Waals surface area contributed by atoms with Gasteiger partial charge in [0.25, 0.3) is 0 Å². The molecule has 0 radical (unpaired) electrons. The number of hydrogen-bond acceptors (Lipinski definition) is 3. The fourth-order valence-corrected chi connectivity index (χ4v) is 3.10. The molecule has 6 heteroatoms. The van der Waals surface area contributed by atoms with Crippen LogP contribution in [0.5, 0.6) is 0 Å². The van der Waals surface area contributed by atoms with Gasteiger partial charge in [0.1, 0.15) is 0 Å². The predicted octanol–water partition coefficient (Wildman–Crippen LogP) is 2.16. The first-order chi connectivity index (χ1) is 10.1. The largest absolute Gasteiger partial charge is 0.325 e. The maximum Gasteiger partial charge on any atom is 0.228 e. The van der Waals surface area contributed by atoms with Crippen molar-refractivity contribution in [2.24, 2.45) is 5.92 Å². The number of amides is 2. The Bertz CT molecular complexity index is 583. The van der Waals surface area contributed by atoms with Gasteiger partial charge in [-0.15, -0.1) is 0 Å². The summed E-state index contributed by atoms with van der Waals surface area (Å²) in [5.74, 6) is 0.378. The predicted molar refractivity (Wildman–Crippen MR) is 82.6 cm³/mol. The molecule has 1 saturated heterocycles. The molecule has 3 rings (SSSR count). The molecular weight excluding hydrogens is 290 g/mol. The first kappa shape index (κ1) is 14.4. The highest BCUT2D eigenvalue weighted by Gasteiger charge is 2.21. The zero-order valence-corrected chi connectivity index (χ0v) is 12.4. The lowest BCUT2D eigenvalue weighted by Gasteiger charge is -2.22. The first-order valence-electron chi connectivity index (χ1n) is 7.24. The van der Waals surface area contributed by atoms with Crippen molar-refractivity contribution in [2.75, 3.05) is 23.7 Å².